The molecule has 4 rings (SSSR count). The number of amides is 1. The fourth-order valence-electron chi connectivity index (χ4n) is 3.91. The van der Waals surface area contributed by atoms with Crippen molar-refractivity contribution in [1.82, 2.24) is 20.0 Å². The van der Waals surface area contributed by atoms with Gasteiger partial charge in [0.1, 0.15) is 17.4 Å². The van der Waals surface area contributed by atoms with Crippen molar-refractivity contribution < 1.29 is 40.7 Å². The quantitative estimate of drug-likeness (QED) is 0.541. The zero-order valence-corrected chi connectivity index (χ0v) is 19.4. The van der Waals surface area contributed by atoms with Crippen LogP contribution < -0.4 is 10.2 Å². The standard InChI is InChI=1S/C21H25F3N4O6S/c22-21(23,24)18-17(19(29)27-34-16-8-4-5-13-32-16)20(26-25-18)35(30,31)28-11-9-15(10-12-28)33-14-6-2-1-3-7-14/h1-3,6-7,15-16H,4-5,8-13H2,(H,25,26)(H,27,29). The molecule has 2 saturated heterocycles. The maximum Gasteiger partial charge on any atom is 0.433 e. The van der Waals surface area contributed by atoms with E-state index in [4.69, 9.17) is 14.3 Å². The van der Waals surface area contributed by atoms with Crippen LogP contribution in [-0.4, -0.2) is 60.9 Å². The van der Waals surface area contributed by atoms with Crippen LogP contribution in [0.3, 0.4) is 0 Å². The number of benzene rings is 1. The molecule has 1 atom stereocenters. The molecule has 1 aromatic carbocycles. The van der Waals surface area contributed by atoms with Crippen LogP contribution >= 0.6 is 0 Å². The number of hydrogen-bond acceptors (Lipinski definition) is 7. The molecule has 3 heterocycles. The van der Waals surface area contributed by atoms with E-state index in [9.17, 15) is 26.4 Å². The van der Waals surface area contributed by atoms with Gasteiger partial charge in [-0.25, -0.2) is 18.7 Å². The van der Waals surface area contributed by atoms with Crippen molar-refractivity contribution >= 4 is 15.9 Å². The van der Waals surface area contributed by atoms with E-state index in [2.05, 4.69) is 5.10 Å². The van der Waals surface area contributed by atoms with E-state index in [-0.39, 0.29) is 19.2 Å². The Labute approximate surface area is 199 Å². The third-order valence-electron chi connectivity index (χ3n) is 5.70. The lowest BCUT2D eigenvalue weighted by atomic mass is 10.1. The summed E-state index contributed by atoms with van der Waals surface area (Å²) < 4.78 is 79.2. The largest absolute Gasteiger partial charge is 0.490 e. The molecule has 2 fully saturated rings. The molecule has 0 radical (unpaired) electrons. The Balaban J connectivity index is 1.49. The van der Waals surface area contributed by atoms with Crippen LogP contribution in [0.2, 0.25) is 0 Å². The summed E-state index contributed by atoms with van der Waals surface area (Å²) in [7, 11) is -4.53. The van der Waals surface area contributed by atoms with Gasteiger partial charge in [0.15, 0.2) is 12.0 Å². The fraction of sp³-hybridized carbons (Fsp3) is 0.524. The summed E-state index contributed by atoms with van der Waals surface area (Å²) in [6, 6.07) is 9.00. The minimum absolute atomic E-state index is 0.0124. The van der Waals surface area contributed by atoms with Crippen LogP contribution in [0.25, 0.3) is 0 Å². The molecule has 0 spiro atoms. The van der Waals surface area contributed by atoms with Gasteiger partial charge in [-0.2, -0.15) is 22.6 Å². The van der Waals surface area contributed by atoms with Gasteiger partial charge < -0.3 is 9.47 Å². The number of aromatic nitrogens is 2. The third-order valence-corrected chi connectivity index (χ3v) is 7.52. The topological polar surface area (TPSA) is 123 Å². The molecular weight excluding hydrogens is 493 g/mol. The second-order valence-electron chi connectivity index (χ2n) is 8.16. The van der Waals surface area contributed by atoms with Gasteiger partial charge in [-0.15, -0.1) is 0 Å². The average Bonchev–Trinajstić information content (AvgIpc) is 3.31. The number of ether oxygens (including phenoxy) is 2. The molecule has 2 aliphatic heterocycles. The van der Waals surface area contributed by atoms with Gasteiger partial charge in [-0.1, -0.05) is 18.2 Å². The van der Waals surface area contributed by atoms with Crippen LogP contribution in [0, 0.1) is 0 Å². The van der Waals surface area contributed by atoms with Gasteiger partial charge in [0.25, 0.3) is 15.9 Å². The zero-order valence-electron chi connectivity index (χ0n) is 18.6. The number of carbonyl (C=O) groups is 1. The molecule has 2 aliphatic rings. The van der Waals surface area contributed by atoms with Crippen molar-refractivity contribution in [3.8, 4) is 5.75 Å². The summed E-state index contributed by atoms with van der Waals surface area (Å²) in [6.07, 6.45) is -3.54. The number of carbonyl (C=O) groups excluding carboxylic acids is 1. The summed E-state index contributed by atoms with van der Waals surface area (Å²) in [4.78, 5) is 17.7. The smallest absolute Gasteiger partial charge is 0.433 e. The van der Waals surface area contributed by atoms with E-state index in [0.29, 0.717) is 31.6 Å². The summed E-state index contributed by atoms with van der Waals surface area (Å²) >= 11 is 0. The van der Waals surface area contributed by atoms with E-state index in [1.165, 1.54) is 0 Å². The normalized spacial score (nSPS) is 20.5. The van der Waals surface area contributed by atoms with E-state index in [0.717, 1.165) is 17.1 Å². The summed E-state index contributed by atoms with van der Waals surface area (Å²) in [6.45, 7) is 0.354. The first-order valence-corrected chi connectivity index (χ1v) is 12.6. The number of hydrogen-bond donors (Lipinski definition) is 2. The second-order valence-corrected chi connectivity index (χ2v) is 10.0. The molecule has 14 heteroatoms. The van der Waals surface area contributed by atoms with Gasteiger partial charge in [-0.05, 0) is 37.8 Å². The van der Waals surface area contributed by atoms with Crippen molar-refractivity contribution in [2.75, 3.05) is 19.7 Å². The number of aromatic amines is 1. The van der Waals surface area contributed by atoms with Crippen LogP contribution in [0.15, 0.2) is 35.4 Å². The maximum atomic E-state index is 13.6. The van der Waals surface area contributed by atoms with Crippen molar-refractivity contribution in [3.63, 3.8) is 0 Å². The molecule has 192 valence electrons. The average molecular weight is 519 g/mol. The Morgan fingerprint density at radius 3 is 2.49 bits per heavy atom. The van der Waals surface area contributed by atoms with E-state index >= 15 is 0 Å². The first-order valence-electron chi connectivity index (χ1n) is 11.1. The molecule has 1 amide bonds. The number of H-pyrrole nitrogens is 1. The highest BCUT2D eigenvalue weighted by molar-refractivity contribution is 7.89. The lowest BCUT2D eigenvalue weighted by Gasteiger charge is -2.31. The first kappa shape index (κ1) is 25.4. The summed E-state index contributed by atoms with van der Waals surface area (Å²) in [5, 5.41) is 4.03. The van der Waals surface area contributed by atoms with Crippen molar-refractivity contribution in [2.45, 2.75) is 55.7 Å². The van der Waals surface area contributed by atoms with Crippen molar-refractivity contribution in [3.05, 3.63) is 41.6 Å². The van der Waals surface area contributed by atoms with E-state index in [1.807, 2.05) is 11.5 Å². The molecule has 1 unspecified atom stereocenters. The van der Waals surface area contributed by atoms with E-state index < -0.39 is 44.7 Å². The Kier molecular flexibility index (Phi) is 7.64. The zero-order chi connectivity index (χ0) is 25.1. The lowest BCUT2D eigenvalue weighted by molar-refractivity contribution is -0.187. The SMILES string of the molecule is O=C(NOC1CCCCO1)c1c(S(=O)(=O)N2CCC(Oc3ccccc3)CC2)n[nH]c1C(F)(F)F. The van der Waals surface area contributed by atoms with Crippen LogP contribution in [0.5, 0.6) is 5.75 Å². The number of nitrogens with one attached hydrogen (secondary N) is 2. The fourth-order valence-corrected chi connectivity index (χ4v) is 5.46. The number of alkyl halides is 3. The molecule has 35 heavy (non-hydrogen) atoms. The van der Waals surface area contributed by atoms with Crippen LogP contribution in [0.4, 0.5) is 13.2 Å². The molecular formula is C21H25F3N4O6S. The van der Waals surface area contributed by atoms with Gasteiger partial charge in [-0.3, -0.25) is 9.89 Å². The Hall–Kier alpha value is -2.68. The van der Waals surface area contributed by atoms with Gasteiger partial charge >= 0.3 is 6.18 Å². The van der Waals surface area contributed by atoms with E-state index in [1.54, 1.807) is 29.4 Å². The lowest BCUT2D eigenvalue weighted by Crippen LogP contribution is -2.42. The predicted molar refractivity (Wildman–Crippen MR) is 115 cm³/mol. The molecule has 1 aromatic heterocycles. The molecule has 0 bridgehead atoms. The first-order chi connectivity index (χ1) is 16.7. The highest BCUT2D eigenvalue weighted by Crippen LogP contribution is 2.34. The summed E-state index contributed by atoms with van der Waals surface area (Å²) in [5.41, 5.74) is -0.846. The van der Waals surface area contributed by atoms with Crippen LogP contribution in [-0.2, 0) is 25.8 Å². The number of halogens is 3. The Morgan fingerprint density at radius 1 is 1.14 bits per heavy atom. The summed E-state index contributed by atoms with van der Waals surface area (Å²) in [5.74, 6) is -0.752. The minimum Gasteiger partial charge on any atom is -0.490 e. The number of hydroxylamine groups is 1. The Morgan fingerprint density at radius 2 is 1.86 bits per heavy atom. The molecule has 0 aliphatic carbocycles. The molecule has 2 N–H and O–H groups in total. The van der Waals surface area contributed by atoms with Crippen molar-refractivity contribution in [2.24, 2.45) is 0 Å². The molecule has 0 saturated carbocycles. The van der Waals surface area contributed by atoms with Gasteiger partial charge in [0.2, 0.25) is 5.03 Å². The number of nitrogens with zero attached hydrogens (tertiary/aromatic N) is 2. The number of para-hydroxylation sites is 1. The molecule has 2 aromatic rings. The Bertz CT molecular complexity index is 1110. The number of sulfonamides is 1. The van der Waals surface area contributed by atoms with Gasteiger partial charge in [0, 0.05) is 26.1 Å². The monoisotopic (exact) mass is 518 g/mol. The van der Waals surface area contributed by atoms with Gasteiger partial charge in [0.05, 0.1) is 0 Å². The maximum absolute atomic E-state index is 13.6. The molecule has 10 nitrogen and oxygen atoms in total. The number of piperidine rings is 1. The van der Waals surface area contributed by atoms with Crippen molar-refractivity contribution in [1.29, 1.82) is 0 Å². The minimum atomic E-state index is -5.05. The predicted octanol–water partition coefficient (Wildman–Crippen LogP) is 2.85. The number of rotatable bonds is 7. The highest BCUT2D eigenvalue weighted by atomic mass is 32.2. The highest BCUT2D eigenvalue weighted by Gasteiger charge is 2.44. The van der Waals surface area contributed by atoms with Crippen LogP contribution in [0.1, 0.15) is 48.2 Å². The third kappa shape index (κ3) is 5.94. The second kappa shape index (κ2) is 10.5.